The molecule has 3 N–H and O–H groups in total. The zero-order valence-corrected chi connectivity index (χ0v) is 11.9. The fourth-order valence-corrected chi connectivity index (χ4v) is 2.47. The molecule has 0 saturated heterocycles. The largest absolute Gasteiger partial charge is 0.464 e. The average Bonchev–Trinajstić information content (AvgIpc) is 2.89. The van der Waals surface area contributed by atoms with Crippen LogP contribution in [0.1, 0.15) is 21.9 Å². The van der Waals surface area contributed by atoms with Crippen molar-refractivity contribution in [2.24, 2.45) is 5.73 Å². The molecule has 7 heteroatoms. The van der Waals surface area contributed by atoms with E-state index in [1.807, 2.05) is 18.2 Å². The first-order chi connectivity index (χ1) is 9.74. The van der Waals surface area contributed by atoms with Crippen LogP contribution in [0, 0.1) is 0 Å². The van der Waals surface area contributed by atoms with Gasteiger partial charge in [-0.2, -0.15) is 0 Å². The normalized spacial score (nSPS) is 10.5. The molecule has 0 fully saturated rings. The maximum Gasteiger partial charge on any atom is 0.356 e. The third-order valence-electron chi connectivity index (χ3n) is 2.61. The molecular weight excluding hydrogens is 276 g/mol. The minimum atomic E-state index is -0.425. The lowest BCUT2D eigenvalue weighted by molar-refractivity contribution is 0.0593. The summed E-state index contributed by atoms with van der Waals surface area (Å²) in [6, 6.07) is 5.75. The highest BCUT2D eigenvalue weighted by atomic mass is 32.2. The Morgan fingerprint density at radius 1 is 1.50 bits per heavy atom. The van der Waals surface area contributed by atoms with Gasteiger partial charge in [0.25, 0.3) is 0 Å². The molecule has 2 aromatic rings. The highest BCUT2D eigenvalue weighted by molar-refractivity contribution is 7.98. The first-order valence-electron chi connectivity index (χ1n) is 6.14. The van der Waals surface area contributed by atoms with Crippen molar-refractivity contribution < 1.29 is 9.53 Å². The molecule has 0 aliphatic rings. The minimum absolute atomic E-state index is 0.376. The number of hydrogen-bond donors (Lipinski definition) is 2. The lowest BCUT2D eigenvalue weighted by Gasteiger charge is -1.98. The molecule has 2 heterocycles. The molecule has 0 radical (unpaired) electrons. The Kier molecular flexibility index (Phi) is 5.14. The number of rotatable bonds is 6. The number of nitrogens with two attached hydrogens (primary N) is 1. The topological polar surface area (TPSA) is 93.9 Å². The van der Waals surface area contributed by atoms with Gasteiger partial charge in [0.1, 0.15) is 5.69 Å². The zero-order valence-electron chi connectivity index (χ0n) is 11.1. The number of nitrogens with one attached hydrogen (secondary N) is 1. The SMILES string of the molecule is COC(=O)c1[nH]c(SCc2ccccn2)nc1CCN. The predicted molar refractivity (Wildman–Crippen MR) is 76.5 cm³/mol. The molecule has 2 aromatic heterocycles. The maximum absolute atomic E-state index is 11.6. The van der Waals surface area contributed by atoms with Crippen LogP contribution >= 0.6 is 11.8 Å². The second kappa shape index (κ2) is 7.06. The van der Waals surface area contributed by atoms with Crippen LogP contribution in [-0.2, 0) is 16.9 Å². The molecule has 0 spiro atoms. The molecule has 6 nitrogen and oxygen atoms in total. The number of imidazole rings is 1. The minimum Gasteiger partial charge on any atom is -0.464 e. The fraction of sp³-hybridized carbons (Fsp3) is 0.308. The van der Waals surface area contributed by atoms with Gasteiger partial charge in [-0.15, -0.1) is 0 Å². The van der Waals surface area contributed by atoms with Crippen molar-refractivity contribution >= 4 is 17.7 Å². The lowest BCUT2D eigenvalue weighted by atomic mass is 10.2. The smallest absolute Gasteiger partial charge is 0.356 e. The summed E-state index contributed by atoms with van der Waals surface area (Å²) in [6.07, 6.45) is 2.28. The van der Waals surface area contributed by atoms with Crippen LogP contribution in [0.2, 0.25) is 0 Å². The van der Waals surface area contributed by atoms with Crippen molar-refractivity contribution in [3.05, 3.63) is 41.5 Å². The Bertz CT molecular complexity index is 571. The Balaban J connectivity index is 2.10. The number of carbonyl (C=O) groups excluding carboxylic acids is 1. The second-order valence-electron chi connectivity index (χ2n) is 4.00. The summed E-state index contributed by atoms with van der Waals surface area (Å²) in [6.45, 7) is 0.430. The summed E-state index contributed by atoms with van der Waals surface area (Å²) < 4.78 is 4.73. The monoisotopic (exact) mass is 292 g/mol. The van der Waals surface area contributed by atoms with Crippen molar-refractivity contribution in [2.75, 3.05) is 13.7 Å². The zero-order chi connectivity index (χ0) is 14.4. The van der Waals surface area contributed by atoms with Gasteiger partial charge in [0.2, 0.25) is 0 Å². The third-order valence-corrected chi connectivity index (χ3v) is 3.52. The van der Waals surface area contributed by atoms with Gasteiger partial charge in [-0.1, -0.05) is 17.8 Å². The number of esters is 1. The number of carbonyl (C=O) groups is 1. The molecule has 0 aliphatic carbocycles. The summed E-state index contributed by atoms with van der Waals surface area (Å²) in [5.74, 6) is 0.252. The van der Waals surface area contributed by atoms with Gasteiger partial charge in [0, 0.05) is 18.4 Å². The number of aromatic amines is 1. The second-order valence-corrected chi connectivity index (χ2v) is 4.97. The van der Waals surface area contributed by atoms with Crippen LogP contribution in [0.15, 0.2) is 29.6 Å². The molecule has 0 aliphatic heterocycles. The number of pyridine rings is 1. The predicted octanol–water partition coefficient (Wildman–Crippen LogP) is 1.38. The lowest BCUT2D eigenvalue weighted by Crippen LogP contribution is -2.09. The number of hydrogen-bond acceptors (Lipinski definition) is 6. The Morgan fingerprint density at radius 2 is 2.35 bits per heavy atom. The number of ether oxygens (including phenoxy) is 1. The van der Waals surface area contributed by atoms with Crippen LogP contribution in [0.3, 0.4) is 0 Å². The van der Waals surface area contributed by atoms with Crippen molar-refractivity contribution in [3.63, 3.8) is 0 Å². The molecule has 106 valence electrons. The Labute approximate surface area is 121 Å². The summed E-state index contributed by atoms with van der Waals surface area (Å²) in [7, 11) is 1.34. The average molecular weight is 292 g/mol. The molecule has 0 amide bonds. The number of aromatic nitrogens is 3. The summed E-state index contributed by atoms with van der Waals surface area (Å²) >= 11 is 1.48. The van der Waals surface area contributed by atoms with Crippen LogP contribution in [0.4, 0.5) is 0 Å². The Hall–Kier alpha value is -1.86. The standard InChI is InChI=1S/C13H16N4O2S/c1-19-12(18)11-10(5-6-14)16-13(17-11)20-8-9-4-2-3-7-15-9/h2-4,7H,5-6,8,14H2,1H3,(H,16,17). The van der Waals surface area contributed by atoms with E-state index in [2.05, 4.69) is 15.0 Å². The van der Waals surface area contributed by atoms with Crippen LogP contribution in [0.25, 0.3) is 0 Å². The van der Waals surface area contributed by atoms with E-state index in [4.69, 9.17) is 10.5 Å². The van der Waals surface area contributed by atoms with Gasteiger partial charge >= 0.3 is 5.97 Å². The molecule has 20 heavy (non-hydrogen) atoms. The van der Waals surface area contributed by atoms with E-state index >= 15 is 0 Å². The van der Waals surface area contributed by atoms with Crippen molar-refractivity contribution in [1.29, 1.82) is 0 Å². The first-order valence-corrected chi connectivity index (χ1v) is 7.13. The highest BCUT2D eigenvalue weighted by Crippen LogP contribution is 2.21. The maximum atomic E-state index is 11.6. The van der Waals surface area contributed by atoms with Crippen LogP contribution in [-0.4, -0.2) is 34.6 Å². The fourth-order valence-electron chi connectivity index (χ4n) is 1.67. The molecule has 2 rings (SSSR count). The van der Waals surface area contributed by atoms with Gasteiger partial charge in [0.05, 0.1) is 18.5 Å². The molecule has 0 bridgehead atoms. The van der Waals surface area contributed by atoms with Gasteiger partial charge in [0.15, 0.2) is 5.16 Å². The van der Waals surface area contributed by atoms with E-state index in [1.165, 1.54) is 18.9 Å². The third kappa shape index (κ3) is 3.58. The van der Waals surface area contributed by atoms with Gasteiger partial charge < -0.3 is 15.5 Å². The van der Waals surface area contributed by atoms with E-state index in [0.717, 1.165) is 5.69 Å². The quantitative estimate of drug-likeness (QED) is 0.617. The van der Waals surface area contributed by atoms with Crippen LogP contribution < -0.4 is 5.73 Å². The Morgan fingerprint density at radius 3 is 3.00 bits per heavy atom. The number of thioether (sulfide) groups is 1. The van der Waals surface area contributed by atoms with Gasteiger partial charge in [-0.05, 0) is 18.7 Å². The van der Waals surface area contributed by atoms with Crippen LogP contribution in [0.5, 0.6) is 0 Å². The number of H-pyrrole nitrogens is 1. The van der Waals surface area contributed by atoms with Gasteiger partial charge in [-0.25, -0.2) is 9.78 Å². The van der Waals surface area contributed by atoms with E-state index < -0.39 is 5.97 Å². The molecule has 0 aromatic carbocycles. The van der Waals surface area contributed by atoms with Crippen molar-refractivity contribution in [3.8, 4) is 0 Å². The molecule has 0 saturated carbocycles. The number of nitrogens with zero attached hydrogens (tertiary/aromatic N) is 2. The first kappa shape index (κ1) is 14.5. The van der Waals surface area contributed by atoms with E-state index in [0.29, 0.717) is 35.3 Å². The highest BCUT2D eigenvalue weighted by Gasteiger charge is 2.17. The molecular formula is C13H16N4O2S. The summed E-state index contributed by atoms with van der Waals surface area (Å²) in [5.41, 5.74) is 7.49. The van der Waals surface area contributed by atoms with Gasteiger partial charge in [-0.3, -0.25) is 4.98 Å². The molecule has 0 unspecified atom stereocenters. The number of methoxy groups -OCH3 is 1. The van der Waals surface area contributed by atoms with Crippen molar-refractivity contribution in [1.82, 2.24) is 15.0 Å². The molecule has 0 atom stereocenters. The van der Waals surface area contributed by atoms with E-state index in [1.54, 1.807) is 6.20 Å². The van der Waals surface area contributed by atoms with Crippen molar-refractivity contribution in [2.45, 2.75) is 17.3 Å². The summed E-state index contributed by atoms with van der Waals surface area (Å²) in [4.78, 5) is 23.2. The van der Waals surface area contributed by atoms with E-state index in [-0.39, 0.29) is 0 Å². The van der Waals surface area contributed by atoms with E-state index in [9.17, 15) is 4.79 Å². The summed E-state index contributed by atoms with van der Waals surface area (Å²) in [5, 5.41) is 0.666.